The Morgan fingerprint density at radius 2 is 2.00 bits per heavy atom. The van der Waals surface area contributed by atoms with E-state index in [9.17, 15) is 9.59 Å². The molecule has 7 heteroatoms. The Morgan fingerprint density at radius 3 is 2.52 bits per heavy atom. The number of rotatable bonds is 7. The summed E-state index contributed by atoms with van der Waals surface area (Å²) in [6.45, 7) is 4.90. The molecule has 1 amide bonds. The molecule has 0 aromatic heterocycles. The van der Waals surface area contributed by atoms with Crippen molar-refractivity contribution in [1.82, 2.24) is 5.32 Å². The molecule has 1 rings (SSSR count). The number of carbonyl (C=O) groups is 2. The number of nitriles is 1. The van der Waals surface area contributed by atoms with Crippen molar-refractivity contribution < 1.29 is 14.3 Å². The van der Waals surface area contributed by atoms with Crippen molar-refractivity contribution in [2.45, 2.75) is 31.2 Å². The van der Waals surface area contributed by atoms with Crippen LogP contribution in [0.1, 0.15) is 20.8 Å². The van der Waals surface area contributed by atoms with Crippen molar-refractivity contribution >= 4 is 35.2 Å². The molecule has 1 aromatic carbocycles. The van der Waals surface area contributed by atoms with Crippen LogP contribution in [0.15, 0.2) is 29.2 Å². The molecule has 1 aromatic rings. The fourth-order valence-electron chi connectivity index (χ4n) is 1.49. The summed E-state index contributed by atoms with van der Waals surface area (Å²) in [5.41, 5.74) is -0.985. The first-order valence-corrected chi connectivity index (χ1v) is 8.39. The van der Waals surface area contributed by atoms with Crippen LogP contribution in [0, 0.1) is 17.2 Å². The average molecular weight is 355 g/mol. The SMILES string of the molecule is CC(C)[C@@](C)(C#N)NC(=O)COC(=O)CSc1ccc(Cl)cc1. The maximum atomic E-state index is 11.8. The zero-order valence-corrected chi connectivity index (χ0v) is 14.8. The number of amides is 1. The normalized spacial score (nSPS) is 13.0. The fraction of sp³-hybridized carbons (Fsp3) is 0.438. The molecule has 1 N–H and O–H groups in total. The quantitative estimate of drug-likeness (QED) is 0.601. The number of thioether (sulfide) groups is 1. The van der Waals surface area contributed by atoms with Crippen LogP contribution in [0.2, 0.25) is 5.02 Å². The summed E-state index contributed by atoms with van der Waals surface area (Å²) in [6, 6.07) is 9.13. The van der Waals surface area contributed by atoms with Crippen LogP contribution in [-0.4, -0.2) is 29.8 Å². The van der Waals surface area contributed by atoms with Crippen molar-refractivity contribution in [3.8, 4) is 6.07 Å². The Balaban J connectivity index is 2.37. The second-order valence-electron chi connectivity index (χ2n) is 5.42. The zero-order chi connectivity index (χ0) is 17.5. The minimum absolute atomic E-state index is 0.0624. The number of nitrogens with zero attached hydrogens (tertiary/aromatic N) is 1. The van der Waals surface area contributed by atoms with Crippen molar-refractivity contribution in [1.29, 1.82) is 5.26 Å². The maximum absolute atomic E-state index is 11.8. The molecule has 0 bridgehead atoms. The molecule has 0 aliphatic heterocycles. The maximum Gasteiger partial charge on any atom is 0.316 e. The van der Waals surface area contributed by atoms with Gasteiger partial charge in [-0.3, -0.25) is 9.59 Å². The van der Waals surface area contributed by atoms with E-state index in [1.165, 1.54) is 11.8 Å². The Kier molecular flexibility index (Phi) is 7.40. The Hall–Kier alpha value is -1.71. The van der Waals surface area contributed by atoms with Gasteiger partial charge in [-0.15, -0.1) is 11.8 Å². The molecule has 0 saturated carbocycles. The predicted molar refractivity (Wildman–Crippen MR) is 90.1 cm³/mol. The third-order valence-electron chi connectivity index (χ3n) is 3.32. The van der Waals surface area contributed by atoms with Gasteiger partial charge in [0.1, 0.15) is 5.54 Å². The third kappa shape index (κ3) is 6.51. The van der Waals surface area contributed by atoms with E-state index in [0.717, 1.165) is 4.90 Å². The van der Waals surface area contributed by atoms with Crippen LogP contribution in [0.25, 0.3) is 0 Å². The largest absolute Gasteiger partial charge is 0.455 e. The van der Waals surface area contributed by atoms with E-state index in [4.69, 9.17) is 21.6 Å². The summed E-state index contributed by atoms with van der Waals surface area (Å²) in [6.07, 6.45) is 0. The van der Waals surface area contributed by atoms with Gasteiger partial charge in [0.25, 0.3) is 5.91 Å². The minimum atomic E-state index is -0.985. The van der Waals surface area contributed by atoms with Gasteiger partial charge in [0.15, 0.2) is 6.61 Å². The van der Waals surface area contributed by atoms with Gasteiger partial charge in [0, 0.05) is 9.92 Å². The highest BCUT2D eigenvalue weighted by molar-refractivity contribution is 8.00. The van der Waals surface area contributed by atoms with Gasteiger partial charge in [-0.05, 0) is 37.1 Å². The number of nitrogens with one attached hydrogen (secondary N) is 1. The van der Waals surface area contributed by atoms with Gasteiger partial charge < -0.3 is 10.1 Å². The number of carbonyl (C=O) groups excluding carboxylic acids is 2. The van der Waals surface area contributed by atoms with Gasteiger partial charge >= 0.3 is 5.97 Å². The van der Waals surface area contributed by atoms with E-state index in [1.807, 2.05) is 13.8 Å². The van der Waals surface area contributed by atoms with Crippen LogP contribution in [-0.2, 0) is 14.3 Å². The van der Waals surface area contributed by atoms with Crippen LogP contribution in [0.5, 0.6) is 0 Å². The van der Waals surface area contributed by atoms with Crippen LogP contribution in [0.3, 0.4) is 0 Å². The first kappa shape index (κ1) is 19.3. The van der Waals surface area contributed by atoms with Gasteiger partial charge in [0.05, 0.1) is 11.8 Å². The molecular weight excluding hydrogens is 336 g/mol. The molecule has 0 saturated heterocycles. The monoisotopic (exact) mass is 354 g/mol. The van der Waals surface area contributed by atoms with Gasteiger partial charge in [-0.25, -0.2) is 0 Å². The number of ether oxygens (including phenoxy) is 1. The summed E-state index contributed by atoms with van der Waals surface area (Å²) in [5, 5.41) is 12.3. The van der Waals surface area contributed by atoms with Crippen LogP contribution >= 0.6 is 23.4 Å². The lowest BCUT2D eigenvalue weighted by atomic mass is 9.90. The lowest BCUT2D eigenvalue weighted by Crippen LogP contribution is -2.50. The van der Waals surface area contributed by atoms with Crippen LogP contribution in [0.4, 0.5) is 0 Å². The van der Waals surface area contributed by atoms with E-state index in [1.54, 1.807) is 31.2 Å². The zero-order valence-electron chi connectivity index (χ0n) is 13.3. The number of halogens is 1. The molecule has 0 aliphatic carbocycles. The van der Waals surface area contributed by atoms with Gasteiger partial charge in [0.2, 0.25) is 0 Å². The highest BCUT2D eigenvalue weighted by atomic mass is 35.5. The van der Waals surface area contributed by atoms with E-state index in [0.29, 0.717) is 5.02 Å². The standard InChI is InChI=1S/C16H19ClN2O3S/c1-11(2)16(3,10-18)19-14(20)8-22-15(21)9-23-13-6-4-12(17)5-7-13/h4-7,11H,8-9H2,1-3H3,(H,19,20)/t16-/m1/s1. The Bertz CT molecular complexity index is 598. The summed E-state index contributed by atoms with van der Waals surface area (Å²) >= 11 is 7.07. The van der Waals surface area contributed by atoms with E-state index in [2.05, 4.69) is 11.4 Å². The Labute approximate surface area is 145 Å². The van der Waals surface area contributed by atoms with Crippen LogP contribution < -0.4 is 5.32 Å². The molecule has 1 atom stereocenters. The van der Waals surface area contributed by atoms with Crippen molar-refractivity contribution in [3.63, 3.8) is 0 Å². The molecule has 0 spiro atoms. The van der Waals surface area contributed by atoms with Crippen molar-refractivity contribution in [3.05, 3.63) is 29.3 Å². The molecule has 0 fully saturated rings. The Morgan fingerprint density at radius 1 is 1.39 bits per heavy atom. The lowest BCUT2D eigenvalue weighted by Gasteiger charge is -2.27. The first-order chi connectivity index (χ1) is 10.8. The van der Waals surface area contributed by atoms with Gasteiger partial charge in [-0.2, -0.15) is 5.26 Å². The number of hydrogen-bond donors (Lipinski definition) is 1. The van der Waals surface area contributed by atoms with E-state index < -0.39 is 24.0 Å². The number of hydrogen-bond acceptors (Lipinski definition) is 5. The average Bonchev–Trinajstić information content (AvgIpc) is 2.52. The summed E-state index contributed by atoms with van der Waals surface area (Å²) in [4.78, 5) is 24.3. The molecule has 0 radical (unpaired) electrons. The minimum Gasteiger partial charge on any atom is -0.455 e. The second kappa shape index (κ2) is 8.80. The molecule has 0 heterocycles. The molecule has 0 unspecified atom stereocenters. The molecule has 23 heavy (non-hydrogen) atoms. The molecule has 0 aliphatic rings. The summed E-state index contributed by atoms with van der Waals surface area (Å²) in [7, 11) is 0. The first-order valence-electron chi connectivity index (χ1n) is 7.03. The van der Waals surface area contributed by atoms with E-state index >= 15 is 0 Å². The highest BCUT2D eigenvalue weighted by Crippen LogP contribution is 2.20. The van der Waals surface area contributed by atoms with E-state index in [-0.39, 0.29) is 11.7 Å². The predicted octanol–water partition coefficient (Wildman–Crippen LogP) is 3.03. The molecule has 124 valence electrons. The van der Waals surface area contributed by atoms with Gasteiger partial charge in [-0.1, -0.05) is 25.4 Å². The molecular formula is C16H19ClN2O3S. The second-order valence-corrected chi connectivity index (χ2v) is 6.91. The lowest BCUT2D eigenvalue weighted by molar-refractivity contribution is -0.146. The number of benzene rings is 1. The summed E-state index contributed by atoms with van der Waals surface area (Å²) < 4.78 is 4.91. The summed E-state index contributed by atoms with van der Waals surface area (Å²) in [5.74, 6) is -0.960. The van der Waals surface area contributed by atoms with Crippen molar-refractivity contribution in [2.75, 3.05) is 12.4 Å². The highest BCUT2D eigenvalue weighted by Gasteiger charge is 2.30. The smallest absolute Gasteiger partial charge is 0.316 e. The number of esters is 1. The van der Waals surface area contributed by atoms with Crippen molar-refractivity contribution in [2.24, 2.45) is 5.92 Å². The topological polar surface area (TPSA) is 79.2 Å². The third-order valence-corrected chi connectivity index (χ3v) is 4.56. The molecule has 5 nitrogen and oxygen atoms in total. The fourth-order valence-corrected chi connectivity index (χ4v) is 2.31.